The van der Waals surface area contributed by atoms with Gasteiger partial charge in [-0.3, -0.25) is 4.79 Å². The van der Waals surface area contributed by atoms with Crippen molar-refractivity contribution < 1.29 is 13.9 Å². The molecule has 0 saturated heterocycles. The van der Waals surface area contributed by atoms with E-state index in [0.717, 1.165) is 22.2 Å². The van der Waals surface area contributed by atoms with E-state index in [1.165, 1.54) is 12.1 Å². The summed E-state index contributed by atoms with van der Waals surface area (Å²) in [5.41, 5.74) is 2.50. The Morgan fingerprint density at radius 3 is 2.47 bits per heavy atom. The fourth-order valence-electron chi connectivity index (χ4n) is 3.48. The van der Waals surface area contributed by atoms with Crippen LogP contribution < -0.4 is 10.1 Å². The third kappa shape index (κ3) is 4.87. The molecule has 4 aromatic rings. The second-order valence-electron chi connectivity index (χ2n) is 7.30. The summed E-state index contributed by atoms with van der Waals surface area (Å²) in [5, 5.41) is 8.07. The molecule has 0 fully saturated rings. The quantitative estimate of drug-likeness (QED) is 0.357. The fourth-order valence-corrected chi connectivity index (χ4v) is 3.61. The Bertz CT molecular complexity index is 1210. The second-order valence-corrected chi connectivity index (χ2v) is 8.40. The van der Waals surface area contributed by atoms with Crippen LogP contribution in [0.1, 0.15) is 18.6 Å². The lowest BCUT2D eigenvalue weighted by atomic mass is 10.0. The van der Waals surface area contributed by atoms with E-state index in [1.807, 2.05) is 55.5 Å². The number of aromatic nitrogens is 2. The molecule has 0 spiro atoms. The molecule has 0 bridgehead atoms. The van der Waals surface area contributed by atoms with Crippen LogP contribution in [0.15, 0.2) is 79.0 Å². The first-order valence-corrected chi connectivity index (χ1v) is 10.8. The van der Waals surface area contributed by atoms with Crippen molar-refractivity contribution in [3.05, 3.63) is 90.4 Å². The maximum atomic E-state index is 13.3. The molecule has 0 saturated carbocycles. The first kappa shape index (κ1) is 22.1. The van der Waals surface area contributed by atoms with Gasteiger partial charge in [-0.05, 0) is 55.0 Å². The number of carbonyl (C=O) groups excluding carboxylic acids is 1. The molecule has 1 heterocycles. The highest BCUT2D eigenvalue weighted by molar-refractivity contribution is 6.53. The van der Waals surface area contributed by atoms with Crippen LogP contribution >= 0.6 is 23.2 Å². The summed E-state index contributed by atoms with van der Waals surface area (Å²) in [6.07, 6.45) is 1.25. The predicted octanol–water partition coefficient (Wildman–Crippen LogP) is 5.59. The van der Waals surface area contributed by atoms with Crippen molar-refractivity contribution in [1.29, 1.82) is 0 Å². The number of alkyl halides is 2. The minimum absolute atomic E-state index is 0.302. The van der Waals surface area contributed by atoms with Gasteiger partial charge in [0.2, 0.25) is 0 Å². The average molecular weight is 472 g/mol. The van der Waals surface area contributed by atoms with Crippen LogP contribution in [0, 0.1) is 5.82 Å². The van der Waals surface area contributed by atoms with Crippen molar-refractivity contribution >= 4 is 40.0 Å². The van der Waals surface area contributed by atoms with E-state index in [1.54, 1.807) is 23.0 Å². The van der Waals surface area contributed by atoms with Gasteiger partial charge in [-0.25, -0.2) is 9.07 Å². The molecule has 4 rings (SSSR count). The van der Waals surface area contributed by atoms with Gasteiger partial charge in [-0.1, -0.05) is 53.5 Å². The highest BCUT2D eigenvalue weighted by atomic mass is 35.5. The van der Waals surface area contributed by atoms with Crippen molar-refractivity contribution in [1.82, 2.24) is 15.1 Å². The number of amides is 1. The minimum Gasteiger partial charge on any atom is -0.484 e. The summed E-state index contributed by atoms with van der Waals surface area (Å²) in [6.45, 7) is 1.83. The molecule has 1 aromatic heterocycles. The van der Waals surface area contributed by atoms with Crippen LogP contribution in [0.3, 0.4) is 0 Å². The summed E-state index contributed by atoms with van der Waals surface area (Å²) in [6, 6.07) is 20.9. The first-order valence-electron chi connectivity index (χ1n) is 9.96. The molecule has 1 amide bonds. The van der Waals surface area contributed by atoms with E-state index in [0.29, 0.717) is 5.75 Å². The highest BCUT2D eigenvalue weighted by Crippen LogP contribution is 2.29. The van der Waals surface area contributed by atoms with Gasteiger partial charge in [0.15, 0.2) is 4.84 Å². The van der Waals surface area contributed by atoms with Gasteiger partial charge in [0.1, 0.15) is 17.7 Å². The molecular formula is C24H20Cl2FN3O2. The number of fused-ring (bicyclic) bond motifs is 1. The Morgan fingerprint density at radius 1 is 1.06 bits per heavy atom. The predicted molar refractivity (Wildman–Crippen MR) is 124 cm³/mol. The van der Waals surface area contributed by atoms with E-state index in [9.17, 15) is 9.18 Å². The summed E-state index contributed by atoms with van der Waals surface area (Å²) in [7, 11) is 0. The number of carbonyl (C=O) groups is 1. The number of hydrogen-bond acceptors (Lipinski definition) is 3. The molecule has 5 nitrogen and oxygen atoms in total. The standard InChI is InChI=1S/C24H20Cl2FN3O2/c1-15(29-24(31)23(25)26)22(16-5-3-2-4-6-16)32-20-11-12-21-17(13-20)14-28-30(21)19-9-7-18(27)8-10-19/h2-15,22-23H,1H3,(H,29,31)/t15-,22-/m0/s1. The molecular weight excluding hydrogens is 452 g/mol. The lowest BCUT2D eigenvalue weighted by molar-refractivity contribution is -0.120. The zero-order valence-electron chi connectivity index (χ0n) is 17.1. The van der Waals surface area contributed by atoms with Gasteiger partial charge in [-0.2, -0.15) is 5.10 Å². The van der Waals surface area contributed by atoms with Gasteiger partial charge in [0.25, 0.3) is 5.91 Å². The van der Waals surface area contributed by atoms with E-state index in [2.05, 4.69) is 10.4 Å². The normalized spacial score (nSPS) is 13.2. The van der Waals surface area contributed by atoms with Gasteiger partial charge in [0, 0.05) is 5.39 Å². The molecule has 32 heavy (non-hydrogen) atoms. The van der Waals surface area contributed by atoms with Crippen LogP contribution in [0.5, 0.6) is 5.75 Å². The molecule has 0 unspecified atom stereocenters. The molecule has 0 aliphatic carbocycles. The van der Waals surface area contributed by atoms with Gasteiger partial charge >= 0.3 is 0 Å². The van der Waals surface area contributed by atoms with Crippen molar-refractivity contribution in [2.75, 3.05) is 0 Å². The van der Waals surface area contributed by atoms with Crippen LogP contribution in [-0.4, -0.2) is 26.6 Å². The molecule has 0 aliphatic rings. The van der Waals surface area contributed by atoms with Crippen LogP contribution in [0.4, 0.5) is 4.39 Å². The average Bonchev–Trinajstić information content (AvgIpc) is 3.21. The molecule has 3 aromatic carbocycles. The third-order valence-electron chi connectivity index (χ3n) is 5.02. The Kier molecular flexibility index (Phi) is 6.63. The lowest BCUT2D eigenvalue weighted by Crippen LogP contribution is -2.41. The summed E-state index contributed by atoms with van der Waals surface area (Å²) in [5.74, 6) is -0.176. The SMILES string of the molecule is C[C@H](NC(=O)C(Cl)Cl)[C@H](Oc1ccc2c(cnn2-c2ccc(F)cc2)c1)c1ccccc1. The van der Waals surface area contributed by atoms with E-state index >= 15 is 0 Å². The Balaban J connectivity index is 1.62. The third-order valence-corrected chi connectivity index (χ3v) is 5.42. The molecule has 1 N–H and O–H groups in total. The van der Waals surface area contributed by atoms with E-state index in [4.69, 9.17) is 27.9 Å². The van der Waals surface area contributed by atoms with E-state index < -0.39 is 22.9 Å². The Hall–Kier alpha value is -3.09. The number of halogens is 3. The summed E-state index contributed by atoms with van der Waals surface area (Å²) in [4.78, 5) is 10.8. The summed E-state index contributed by atoms with van der Waals surface area (Å²) < 4.78 is 21.3. The molecule has 164 valence electrons. The second kappa shape index (κ2) is 9.59. The summed E-state index contributed by atoms with van der Waals surface area (Å²) >= 11 is 11.4. The van der Waals surface area contributed by atoms with Crippen molar-refractivity contribution in [3.8, 4) is 11.4 Å². The molecule has 0 aliphatic heterocycles. The molecule has 8 heteroatoms. The number of benzene rings is 3. The molecule has 0 radical (unpaired) electrons. The van der Waals surface area contributed by atoms with Crippen LogP contribution in [-0.2, 0) is 4.79 Å². The Labute approximate surface area is 194 Å². The maximum Gasteiger partial charge on any atom is 0.253 e. The van der Waals surface area contributed by atoms with Gasteiger partial charge in [-0.15, -0.1) is 0 Å². The fraction of sp³-hybridized carbons (Fsp3) is 0.167. The monoisotopic (exact) mass is 471 g/mol. The lowest BCUT2D eigenvalue weighted by Gasteiger charge is -2.26. The van der Waals surface area contributed by atoms with Crippen molar-refractivity contribution in [2.45, 2.75) is 23.9 Å². The van der Waals surface area contributed by atoms with Gasteiger partial charge in [0.05, 0.1) is 23.4 Å². The van der Waals surface area contributed by atoms with Crippen LogP contribution in [0.2, 0.25) is 0 Å². The van der Waals surface area contributed by atoms with Gasteiger partial charge < -0.3 is 10.1 Å². The number of nitrogens with zero attached hydrogens (tertiary/aromatic N) is 2. The van der Waals surface area contributed by atoms with Crippen molar-refractivity contribution in [2.24, 2.45) is 0 Å². The van der Waals surface area contributed by atoms with Crippen molar-refractivity contribution in [3.63, 3.8) is 0 Å². The van der Waals surface area contributed by atoms with E-state index in [-0.39, 0.29) is 5.82 Å². The number of nitrogens with one attached hydrogen (secondary N) is 1. The maximum absolute atomic E-state index is 13.3. The molecule has 2 atom stereocenters. The topological polar surface area (TPSA) is 56.1 Å². The van der Waals surface area contributed by atoms with Crippen LogP contribution in [0.25, 0.3) is 16.6 Å². The zero-order chi connectivity index (χ0) is 22.7. The Morgan fingerprint density at radius 2 is 1.78 bits per heavy atom. The number of rotatable bonds is 7. The minimum atomic E-state index is -1.16. The zero-order valence-corrected chi connectivity index (χ0v) is 18.6. The first-order chi connectivity index (χ1) is 15.4. The number of hydrogen-bond donors (Lipinski definition) is 1. The largest absolute Gasteiger partial charge is 0.484 e. The highest BCUT2D eigenvalue weighted by Gasteiger charge is 2.25. The smallest absolute Gasteiger partial charge is 0.253 e. The number of ether oxygens (including phenoxy) is 1.